The molecule has 14 heavy (non-hydrogen) atoms. The predicted molar refractivity (Wildman–Crippen MR) is 45.6 cm³/mol. The van der Waals surface area contributed by atoms with Crippen LogP contribution in [-0.4, -0.2) is 9.85 Å². The van der Waals surface area contributed by atoms with E-state index >= 15 is 0 Å². The SMILES string of the molecule is Cc1ccc([N+](=O)[O-])cc1[N+](=O)[O-].[H-].[Na+]. The van der Waals surface area contributed by atoms with E-state index in [0.717, 1.165) is 6.07 Å². The molecule has 1 rings (SSSR count). The summed E-state index contributed by atoms with van der Waals surface area (Å²) in [6.45, 7) is 1.53. The van der Waals surface area contributed by atoms with Crippen LogP contribution < -0.4 is 29.6 Å². The van der Waals surface area contributed by atoms with Crippen molar-refractivity contribution in [2.24, 2.45) is 0 Å². The van der Waals surface area contributed by atoms with Crippen molar-refractivity contribution < 1.29 is 40.8 Å². The van der Waals surface area contributed by atoms with Crippen molar-refractivity contribution in [3.05, 3.63) is 44.0 Å². The van der Waals surface area contributed by atoms with Gasteiger partial charge in [0.25, 0.3) is 11.4 Å². The molecule has 0 aliphatic rings. The van der Waals surface area contributed by atoms with Crippen molar-refractivity contribution in [2.75, 3.05) is 0 Å². The molecule has 0 saturated carbocycles. The molecule has 0 bridgehead atoms. The maximum absolute atomic E-state index is 10.4. The second-order valence-corrected chi connectivity index (χ2v) is 2.49. The summed E-state index contributed by atoms with van der Waals surface area (Å²) in [7, 11) is 0. The van der Waals surface area contributed by atoms with Gasteiger partial charge in [0.1, 0.15) is 0 Å². The van der Waals surface area contributed by atoms with Crippen molar-refractivity contribution in [3.63, 3.8) is 0 Å². The van der Waals surface area contributed by atoms with Crippen LogP contribution in [0.15, 0.2) is 18.2 Å². The molecule has 0 saturated heterocycles. The Morgan fingerprint density at radius 1 is 1.21 bits per heavy atom. The van der Waals surface area contributed by atoms with E-state index in [9.17, 15) is 20.2 Å². The molecule has 0 aliphatic carbocycles. The second kappa shape index (κ2) is 5.04. The minimum atomic E-state index is -0.660. The number of non-ortho nitro benzene ring substituents is 1. The van der Waals surface area contributed by atoms with Gasteiger partial charge in [0.2, 0.25) is 0 Å². The summed E-state index contributed by atoms with van der Waals surface area (Å²) >= 11 is 0. The Kier molecular flexibility index (Phi) is 4.69. The van der Waals surface area contributed by atoms with E-state index in [0.29, 0.717) is 5.56 Å². The van der Waals surface area contributed by atoms with Gasteiger partial charge in [-0.15, -0.1) is 0 Å². The van der Waals surface area contributed by atoms with Gasteiger partial charge in [0.15, 0.2) is 0 Å². The van der Waals surface area contributed by atoms with Gasteiger partial charge in [-0.1, -0.05) is 0 Å². The number of benzene rings is 1. The molecular formula is C7H7N2NaO4. The van der Waals surface area contributed by atoms with Crippen LogP contribution >= 0.6 is 0 Å². The van der Waals surface area contributed by atoms with Gasteiger partial charge in [0, 0.05) is 11.6 Å². The number of nitro benzene ring substituents is 2. The van der Waals surface area contributed by atoms with E-state index in [1.807, 2.05) is 0 Å². The van der Waals surface area contributed by atoms with Crippen LogP contribution in [-0.2, 0) is 0 Å². The van der Waals surface area contributed by atoms with Gasteiger partial charge < -0.3 is 1.43 Å². The maximum atomic E-state index is 10.4. The average molecular weight is 206 g/mol. The van der Waals surface area contributed by atoms with Crippen molar-refractivity contribution >= 4 is 11.4 Å². The van der Waals surface area contributed by atoms with Gasteiger partial charge in [-0.2, -0.15) is 0 Å². The molecule has 0 unspecified atom stereocenters. The van der Waals surface area contributed by atoms with Crippen LogP contribution in [0.1, 0.15) is 6.99 Å². The number of rotatable bonds is 2. The van der Waals surface area contributed by atoms with Crippen LogP contribution in [0.5, 0.6) is 0 Å². The molecule has 70 valence electrons. The second-order valence-electron chi connectivity index (χ2n) is 2.49. The number of hydrogen-bond donors (Lipinski definition) is 0. The molecule has 1 aromatic rings. The van der Waals surface area contributed by atoms with E-state index in [1.165, 1.54) is 19.1 Å². The molecule has 0 aliphatic heterocycles. The predicted octanol–water partition coefficient (Wildman–Crippen LogP) is -1.07. The Morgan fingerprint density at radius 3 is 2.21 bits per heavy atom. The number of aryl methyl sites for hydroxylation is 1. The fraction of sp³-hybridized carbons (Fsp3) is 0.143. The normalized spacial score (nSPS) is 8.93. The van der Waals surface area contributed by atoms with Crippen LogP contribution in [0, 0.1) is 27.2 Å². The molecule has 1 aromatic carbocycles. The quantitative estimate of drug-likeness (QED) is 0.350. The summed E-state index contributed by atoms with van der Waals surface area (Å²) in [4.78, 5) is 19.4. The number of hydrogen-bond acceptors (Lipinski definition) is 4. The molecule has 6 nitrogen and oxygen atoms in total. The molecular weight excluding hydrogens is 199 g/mol. The first-order chi connectivity index (χ1) is 6.02. The largest absolute Gasteiger partial charge is 1.00 e. The van der Waals surface area contributed by atoms with E-state index in [1.54, 1.807) is 0 Å². The Bertz CT molecular complexity index is 385. The van der Waals surface area contributed by atoms with Gasteiger partial charge in [-0.25, -0.2) is 0 Å². The van der Waals surface area contributed by atoms with Crippen LogP contribution in [0.25, 0.3) is 0 Å². The van der Waals surface area contributed by atoms with E-state index in [2.05, 4.69) is 0 Å². The van der Waals surface area contributed by atoms with Gasteiger partial charge in [-0.05, 0) is 13.0 Å². The number of nitrogens with zero attached hydrogens (tertiary/aromatic N) is 2. The molecule has 0 aromatic heterocycles. The van der Waals surface area contributed by atoms with Crippen molar-refractivity contribution in [3.8, 4) is 0 Å². The molecule has 0 amide bonds. The third-order valence-corrected chi connectivity index (χ3v) is 1.60. The summed E-state index contributed by atoms with van der Waals surface area (Å²) < 4.78 is 0. The van der Waals surface area contributed by atoms with Gasteiger partial charge in [-0.3, -0.25) is 20.2 Å². The molecule has 0 radical (unpaired) electrons. The monoisotopic (exact) mass is 206 g/mol. The van der Waals surface area contributed by atoms with Crippen LogP contribution in [0.4, 0.5) is 11.4 Å². The topological polar surface area (TPSA) is 86.3 Å². The molecule has 7 heteroatoms. The fourth-order valence-corrected chi connectivity index (χ4v) is 0.908. The maximum Gasteiger partial charge on any atom is 1.00 e. The zero-order valence-corrected chi connectivity index (χ0v) is 9.76. The summed E-state index contributed by atoms with van der Waals surface area (Å²) in [5, 5.41) is 20.6. The van der Waals surface area contributed by atoms with Gasteiger partial charge in [0.05, 0.1) is 15.9 Å². The van der Waals surface area contributed by atoms with E-state index < -0.39 is 9.85 Å². The van der Waals surface area contributed by atoms with Crippen LogP contribution in [0.2, 0.25) is 0 Å². The molecule has 0 atom stereocenters. The zero-order chi connectivity index (χ0) is 10.0. The summed E-state index contributed by atoms with van der Waals surface area (Å²) in [5.74, 6) is 0. The van der Waals surface area contributed by atoms with E-state index in [4.69, 9.17) is 0 Å². The first-order valence-corrected chi connectivity index (χ1v) is 3.42. The molecule has 0 fully saturated rings. The van der Waals surface area contributed by atoms with Crippen molar-refractivity contribution in [2.45, 2.75) is 6.92 Å². The minimum absolute atomic E-state index is 0. The average Bonchev–Trinajstić information content (AvgIpc) is 2.04. The Morgan fingerprint density at radius 2 is 1.79 bits per heavy atom. The molecule has 0 spiro atoms. The first kappa shape index (κ1) is 13.0. The minimum Gasteiger partial charge on any atom is -1.00 e. The zero-order valence-electron chi connectivity index (χ0n) is 8.76. The van der Waals surface area contributed by atoms with Crippen molar-refractivity contribution in [1.29, 1.82) is 0 Å². The Labute approximate surface area is 103 Å². The fourth-order valence-electron chi connectivity index (χ4n) is 0.908. The third-order valence-electron chi connectivity index (χ3n) is 1.60. The standard InChI is InChI=1S/C7H6N2O4.Na.H/c1-5-2-3-6(8(10)11)4-7(5)9(12)13;;/h2-4H,1H3;;/q;+1;-1. The Hall–Kier alpha value is -0.980. The molecule has 0 N–H and O–H groups in total. The third kappa shape index (κ3) is 2.76. The van der Waals surface area contributed by atoms with Crippen molar-refractivity contribution in [1.82, 2.24) is 0 Å². The summed E-state index contributed by atoms with van der Waals surface area (Å²) in [6, 6.07) is 3.55. The first-order valence-electron chi connectivity index (χ1n) is 3.42. The van der Waals surface area contributed by atoms with E-state index in [-0.39, 0.29) is 42.4 Å². The Balaban J connectivity index is 0. The summed E-state index contributed by atoms with van der Waals surface area (Å²) in [5.41, 5.74) is -0.0814. The summed E-state index contributed by atoms with van der Waals surface area (Å²) in [6.07, 6.45) is 0. The molecule has 0 heterocycles. The number of nitro groups is 2. The van der Waals surface area contributed by atoms with Gasteiger partial charge >= 0.3 is 29.6 Å². The van der Waals surface area contributed by atoms with Crippen LogP contribution in [0.3, 0.4) is 0 Å². The smallest absolute Gasteiger partial charge is 1.00 e.